The molecule has 3 amide bonds. The average Bonchev–Trinajstić information content (AvgIpc) is 3.67. The molecule has 3 atom stereocenters. The normalized spacial score (nSPS) is 21.2. The summed E-state index contributed by atoms with van der Waals surface area (Å²) in [6.45, 7) is 5.70. The maximum atomic E-state index is 13.7. The topological polar surface area (TPSA) is 180 Å². The van der Waals surface area contributed by atoms with E-state index in [1.165, 1.54) is 0 Å². The van der Waals surface area contributed by atoms with Gasteiger partial charge in [0.15, 0.2) is 0 Å². The second-order valence-electron chi connectivity index (χ2n) is 13.8. The largest absolute Gasteiger partial charge is 0.349 e. The highest BCUT2D eigenvalue weighted by atomic mass is 16.2. The van der Waals surface area contributed by atoms with E-state index in [2.05, 4.69) is 48.8 Å². The third-order valence-electron chi connectivity index (χ3n) is 10.1. The van der Waals surface area contributed by atoms with Crippen molar-refractivity contribution in [1.29, 1.82) is 0 Å². The Hall–Kier alpha value is -4.94. The number of H-pyrrole nitrogens is 1. The van der Waals surface area contributed by atoms with Crippen molar-refractivity contribution >= 4 is 23.4 Å². The van der Waals surface area contributed by atoms with Crippen molar-refractivity contribution in [3.8, 4) is 22.5 Å². The Morgan fingerprint density at radius 3 is 2.34 bits per heavy atom. The lowest BCUT2D eigenvalue weighted by Gasteiger charge is -2.28. The number of benzene rings is 3. The third kappa shape index (κ3) is 8.80. The fraction of sp³-hybridized carbons (Fsp3) is 0.421. The number of aromatic amines is 1. The van der Waals surface area contributed by atoms with Crippen LogP contribution in [0.4, 0.5) is 5.69 Å². The molecular formula is C38H47N9O3. The molecular weight excluding hydrogens is 630 g/mol. The van der Waals surface area contributed by atoms with Gasteiger partial charge >= 0.3 is 0 Å². The summed E-state index contributed by atoms with van der Waals surface area (Å²) < 4.78 is 0. The van der Waals surface area contributed by atoms with Gasteiger partial charge in [-0.15, -0.1) is 10.2 Å². The molecule has 7 N–H and O–H groups in total. The Kier molecular flexibility index (Phi) is 11.3. The zero-order valence-electron chi connectivity index (χ0n) is 28.7. The van der Waals surface area contributed by atoms with Gasteiger partial charge in [0.1, 0.15) is 6.04 Å². The highest BCUT2D eigenvalue weighted by Gasteiger charge is 2.29. The first-order valence-corrected chi connectivity index (χ1v) is 17.6. The molecule has 1 aliphatic heterocycles. The summed E-state index contributed by atoms with van der Waals surface area (Å²) in [4.78, 5) is 40.1. The van der Waals surface area contributed by atoms with Crippen molar-refractivity contribution in [2.45, 2.75) is 76.9 Å². The smallest absolute Gasteiger partial charge is 0.251 e. The van der Waals surface area contributed by atoms with Crippen LogP contribution in [0, 0.1) is 18.8 Å². The standard InChI is InChI=1S/C38H47N9O3/c1-23-19-30(37(49)42-32-17-18-40-24(2)20-32)13-16-33(23)27-7-3-25(4-8-27)21-34(43-36(48)29-9-5-26(22-39)6-10-29)38(50)41-31-14-11-28(12-15-31)35-44-46-47-45-35/h3-4,7-8,11-16,19,24,26,29,32,34,40H,5-6,9-10,17-18,20-22,39H2,1-2H3,(H,41,50)(H,42,49)(H,43,48)(H,44,45,46,47). The van der Waals surface area contributed by atoms with Crippen molar-refractivity contribution in [3.05, 3.63) is 83.4 Å². The van der Waals surface area contributed by atoms with Crippen molar-refractivity contribution < 1.29 is 14.4 Å². The second-order valence-corrected chi connectivity index (χ2v) is 13.8. The molecule has 1 saturated heterocycles. The Morgan fingerprint density at radius 2 is 1.68 bits per heavy atom. The molecule has 4 aromatic rings. The minimum absolute atomic E-state index is 0.0455. The summed E-state index contributed by atoms with van der Waals surface area (Å²) in [5, 5.41) is 26.7. The number of amides is 3. The molecule has 262 valence electrons. The van der Waals surface area contributed by atoms with Gasteiger partial charge in [0.25, 0.3) is 5.91 Å². The molecule has 50 heavy (non-hydrogen) atoms. The summed E-state index contributed by atoms with van der Waals surface area (Å²) in [5.74, 6) is 0.331. The fourth-order valence-electron chi connectivity index (χ4n) is 7.09. The van der Waals surface area contributed by atoms with Gasteiger partial charge in [-0.2, -0.15) is 5.21 Å². The van der Waals surface area contributed by atoms with E-state index >= 15 is 0 Å². The van der Waals surface area contributed by atoms with Crippen LogP contribution in [-0.4, -0.2) is 69.6 Å². The van der Waals surface area contributed by atoms with E-state index in [0.717, 1.165) is 72.9 Å². The van der Waals surface area contributed by atoms with Gasteiger partial charge in [-0.3, -0.25) is 14.4 Å². The predicted octanol–water partition coefficient (Wildman–Crippen LogP) is 4.14. The van der Waals surface area contributed by atoms with Gasteiger partial charge in [0.2, 0.25) is 17.6 Å². The van der Waals surface area contributed by atoms with Crippen LogP contribution in [0.25, 0.3) is 22.5 Å². The average molecular weight is 678 g/mol. The monoisotopic (exact) mass is 677 g/mol. The summed E-state index contributed by atoms with van der Waals surface area (Å²) in [6, 6.07) is 20.8. The number of nitrogens with two attached hydrogens (primary N) is 1. The van der Waals surface area contributed by atoms with Gasteiger partial charge in [0.05, 0.1) is 0 Å². The highest BCUT2D eigenvalue weighted by Crippen LogP contribution is 2.29. The summed E-state index contributed by atoms with van der Waals surface area (Å²) in [7, 11) is 0. The highest BCUT2D eigenvalue weighted by molar-refractivity contribution is 5.98. The number of carbonyl (C=O) groups excluding carboxylic acids is 3. The van der Waals surface area contributed by atoms with Gasteiger partial charge < -0.3 is 27.0 Å². The molecule has 12 heteroatoms. The number of carbonyl (C=O) groups is 3. The van der Waals surface area contributed by atoms with E-state index in [0.29, 0.717) is 42.0 Å². The van der Waals surface area contributed by atoms with Crippen LogP contribution in [0.3, 0.4) is 0 Å². The van der Waals surface area contributed by atoms with Crippen LogP contribution in [0.2, 0.25) is 0 Å². The number of rotatable bonds is 11. The number of aryl methyl sites for hydroxylation is 1. The number of hydrogen-bond acceptors (Lipinski definition) is 8. The summed E-state index contributed by atoms with van der Waals surface area (Å²) in [6.07, 6.45) is 5.55. The van der Waals surface area contributed by atoms with Gasteiger partial charge in [-0.1, -0.05) is 30.3 Å². The fourth-order valence-corrected chi connectivity index (χ4v) is 7.09. The first-order chi connectivity index (χ1) is 24.2. The number of nitrogens with one attached hydrogen (secondary N) is 5. The minimum atomic E-state index is -0.778. The van der Waals surface area contributed by atoms with Crippen molar-refractivity contribution in [3.63, 3.8) is 0 Å². The first-order valence-electron chi connectivity index (χ1n) is 17.6. The van der Waals surface area contributed by atoms with E-state index in [-0.39, 0.29) is 29.7 Å². The van der Waals surface area contributed by atoms with E-state index in [1.54, 1.807) is 24.3 Å². The number of hydrogen-bond donors (Lipinski definition) is 6. The quantitative estimate of drug-likeness (QED) is 0.137. The number of piperidine rings is 1. The Morgan fingerprint density at radius 1 is 0.940 bits per heavy atom. The SMILES string of the molecule is Cc1cc(C(=O)NC2CCNC(C)C2)ccc1-c1ccc(CC(NC(=O)C2CCC(CN)CC2)C(=O)Nc2ccc(-c3nn[nH]n3)cc2)cc1. The van der Waals surface area contributed by atoms with Crippen molar-refractivity contribution in [1.82, 2.24) is 36.6 Å². The van der Waals surface area contributed by atoms with Crippen LogP contribution in [0.15, 0.2) is 66.7 Å². The van der Waals surface area contributed by atoms with Gasteiger partial charge in [0, 0.05) is 41.2 Å². The van der Waals surface area contributed by atoms with E-state index < -0.39 is 6.04 Å². The first kappa shape index (κ1) is 34.9. The molecule has 2 aliphatic rings. The van der Waals surface area contributed by atoms with Crippen LogP contribution in [-0.2, 0) is 16.0 Å². The molecule has 3 aromatic carbocycles. The number of aromatic nitrogens is 4. The zero-order valence-corrected chi connectivity index (χ0v) is 28.7. The Labute approximate surface area is 292 Å². The van der Waals surface area contributed by atoms with Crippen molar-refractivity contribution in [2.24, 2.45) is 17.6 Å². The molecule has 0 spiro atoms. The molecule has 2 fully saturated rings. The number of nitrogens with zero attached hydrogens (tertiary/aromatic N) is 3. The lowest BCUT2D eigenvalue weighted by molar-refractivity contribution is -0.130. The van der Waals surface area contributed by atoms with Gasteiger partial charge in [-0.25, -0.2) is 0 Å². The molecule has 12 nitrogen and oxygen atoms in total. The van der Waals surface area contributed by atoms with Gasteiger partial charge in [-0.05, 0) is 135 Å². The maximum Gasteiger partial charge on any atom is 0.251 e. The lowest BCUT2D eigenvalue weighted by atomic mass is 9.81. The molecule has 1 saturated carbocycles. The molecule has 2 heterocycles. The summed E-state index contributed by atoms with van der Waals surface area (Å²) in [5.41, 5.74) is 11.8. The predicted molar refractivity (Wildman–Crippen MR) is 193 cm³/mol. The van der Waals surface area contributed by atoms with E-state index in [9.17, 15) is 14.4 Å². The number of tetrazole rings is 1. The van der Waals surface area contributed by atoms with E-state index in [1.807, 2.05) is 49.4 Å². The molecule has 1 aliphatic carbocycles. The molecule has 0 radical (unpaired) electrons. The molecule has 6 rings (SSSR count). The minimum Gasteiger partial charge on any atom is -0.349 e. The number of anilines is 1. The Bertz CT molecular complexity index is 1750. The second kappa shape index (κ2) is 16.2. The lowest BCUT2D eigenvalue weighted by Crippen LogP contribution is -2.48. The van der Waals surface area contributed by atoms with Crippen LogP contribution >= 0.6 is 0 Å². The van der Waals surface area contributed by atoms with Crippen molar-refractivity contribution in [2.75, 3.05) is 18.4 Å². The maximum absolute atomic E-state index is 13.7. The molecule has 0 bridgehead atoms. The van der Waals surface area contributed by atoms with E-state index in [4.69, 9.17) is 5.73 Å². The Balaban J connectivity index is 1.13. The third-order valence-corrected chi connectivity index (χ3v) is 10.1. The zero-order chi connectivity index (χ0) is 35.0. The van der Waals surface area contributed by atoms with Crippen LogP contribution < -0.4 is 27.0 Å². The molecule has 1 aromatic heterocycles. The van der Waals surface area contributed by atoms with Crippen LogP contribution in [0.1, 0.15) is 66.9 Å². The molecule has 3 unspecified atom stereocenters. The van der Waals surface area contributed by atoms with Crippen LogP contribution in [0.5, 0.6) is 0 Å². The summed E-state index contributed by atoms with van der Waals surface area (Å²) >= 11 is 0.